The summed E-state index contributed by atoms with van der Waals surface area (Å²) in [6.45, 7) is 2.00. The van der Waals surface area contributed by atoms with Crippen molar-refractivity contribution in [2.45, 2.75) is 22.8 Å². The minimum atomic E-state index is -3.92. The van der Waals surface area contributed by atoms with E-state index in [0.717, 1.165) is 6.26 Å². The van der Waals surface area contributed by atoms with Crippen molar-refractivity contribution in [1.82, 2.24) is 10.0 Å². The zero-order valence-corrected chi connectivity index (χ0v) is 19.3. The van der Waals surface area contributed by atoms with Gasteiger partial charge in [-0.15, -0.1) is 0 Å². The van der Waals surface area contributed by atoms with E-state index in [2.05, 4.69) is 10.0 Å². The average Bonchev–Trinajstić information content (AvgIpc) is 2.72. The van der Waals surface area contributed by atoms with Gasteiger partial charge in [-0.25, -0.2) is 21.6 Å². The Labute approximate surface area is 182 Å². The third-order valence-corrected chi connectivity index (χ3v) is 7.08. The molecule has 0 aliphatic rings. The maximum Gasteiger partial charge on any atom is 0.251 e. The largest absolute Gasteiger partial charge is 0.495 e. The summed E-state index contributed by atoms with van der Waals surface area (Å²) in [7, 11) is -4.44. The van der Waals surface area contributed by atoms with Crippen molar-refractivity contribution in [3.8, 4) is 5.75 Å². The zero-order valence-electron chi connectivity index (χ0n) is 17.7. The van der Waals surface area contributed by atoms with E-state index in [0.29, 0.717) is 5.56 Å². The molecule has 1 amide bonds. The summed E-state index contributed by atoms with van der Waals surface area (Å²) >= 11 is 0. The predicted octanol–water partition coefficient (Wildman–Crippen LogP) is 1.51. The Morgan fingerprint density at radius 2 is 1.68 bits per heavy atom. The van der Waals surface area contributed by atoms with Crippen molar-refractivity contribution in [3.63, 3.8) is 0 Å². The van der Waals surface area contributed by atoms with E-state index in [-0.39, 0.29) is 34.3 Å². The van der Waals surface area contributed by atoms with Crippen LogP contribution in [0.2, 0.25) is 0 Å². The SMILES string of the molecule is COCCNS(=O)(=O)c1cc(C(=O)NC(C)c2ccc(S(C)(=O)=O)cc2)ccc1OC. The Kier molecular flexibility index (Phi) is 8.18. The third-order valence-electron chi connectivity index (χ3n) is 4.47. The molecule has 0 spiro atoms. The standard InChI is InChI=1S/C20H26N2O7S2/c1-14(15-5-8-17(9-6-15)30(4,24)25)22-20(23)16-7-10-18(29-3)19(13-16)31(26,27)21-11-12-28-2/h5-10,13-14,21H,11-12H2,1-4H3,(H,22,23). The smallest absolute Gasteiger partial charge is 0.251 e. The number of amides is 1. The van der Waals surface area contributed by atoms with Crippen molar-refractivity contribution in [2.24, 2.45) is 0 Å². The maximum atomic E-state index is 12.7. The predicted molar refractivity (Wildman–Crippen MR) is 115 cm³/mol. The molecule has 0 aliphatic carbocycles. The molecule has 0 bridgehead atoms. The lowest BCUT2D eigenvalue weighted by molar-refractivity contribution is 0.0939. The number of sulfone groups is 1. The van der Waals surface area contributed by atoms with Crippen LogP contribution in [-0.4, -0.2) is 56.4 Å². The van der Waals surface area contributed by atoms with Crippen LogP contribution in [0.5, 0.6) is 5.75 Å². The van der Waals surface area contributed by atoms with Gasteiger partial charge in [-0.05, 0) is 42.8 Å². The number of carbonyl (C=O) groups excluding carboxylic acids is 1. The van der Waals surface area contributed by atoms with E-state index < -0.39 is 31.8 Å². The Balaban J connectivity index is 2.23. The van der Waals surface area contributed by atoms with Crippen LogP contribution in [0.1, 0.15) is 28.9 Å². The first-order chi connectivity index (χ1) is 14.5. The van der Waals surface area contributed by atoms with Gasteiger partial charge in [0.25, 0.3) is 5.91 Å². The second-order valence-electron chi connectivity index (χ2n) is 6.79. The molecule has 2 rings (SSSR count). The molecule has 0 fully saturated rings. The Morgan fingerprint density at radius 3 is 2.23 bits per heavy atom. The first-order valence-electron chi connectivity index (χ1n) is 9.27. The highest BCUT2D eigenvalue weighted by molar-refractivity contribution is 7.90. The molecule has 11 heteroatoms. The first kappa shape index (κ1) is 24.8. The van der Waals surface area contributed by atoms with Crippen LogP contribution in [-0.2, 0) is 24.6 Å². The monoisotopic (exact) mass is 470 g/mol. The number of rotatable bonds is 10. The Morgan fingerprint density at radius 1 is 1.03 bits per heavy atom. The summed E-state index contributed by atoms with van der Waals surface area (Å²) in [5.41, 5.74) is 0.830. The minimum absolute atomic E-state index is 0.0684. The lowest BCUT2D eigenvalue weighted by Crippen LogP contribution is -2.29. The molecular weight excluding hydrogens is 444 g/mol. The van der Waals surface area contributed by atoms with E-state index in [1.165, 1.54) is 44.6 Å². The highest BCUT2D eigenvalue weighted by atomic mass is 32.2. The van der Waals surface area contributed by atoms with Crippen molar-refractivity contribution in [1.29, 1.82) is 0 Å². The van der Waals surface area contributed by atoms with E-state index in [1.807, 2.05) is 0 Å². The van der Waals surface area contributed by atoms with Crippen LogP contribution in [0.3, 0.4) is 0 Å². The van der Waals surface area contributed by atoms with Crippen LogP contribution in [0.4, 0.5) is 0 Å². The topological polar surface area (TPSA) is 128 Å². The molecule has 2 aromatic rings. The van der Waals surface area contributed by atoms with E-state index in [9.17, 15) is 21.6 Å². The molecular formula is C20H26N2O7S2. The number of benzene rings is 2. The summed E-state index contributed by atoms with van der Waals surface area (Å²) in [5.74, 6) is -0.387. The first-order valence-corrected chi connectivity index (χ1v) is 12.6. The lowest BCUT2D eigenvalue weighted by Gasteiger charge is -2.16. The van der Waals surface area contributed by atoms with E-state index in [4.69, 9.17) is 9.47 Å². The highest BCUT2D eigenvalue weighted by Gasteiger charge is 2.22. The lowest BCUT2D eigenvalue weighted by atomic mass is 10.1. The van der Waals surface area contributed by atoms with Gasteiger partial charge in [0.15, 0.2) is 9.84 Å². The second kappa shape index (κ2) is 10.2. The summed E-state index contributed by atoms with van der Waals surface area (Å²) in [6.07, 6.45) is 1.12. The van der Waals surface area contributed by atoms with Crippen LogP contribution in [0.25, 0.3) is 0 Å². The Hall–Kier alpha value is -2.47. The van der Waals surface area contributed by atoms with Gasteiger partial charge in [0.2, 0.25) is 10.0 Å². The number of methoxy groups -OCH3 is 2. The van der Waals surface area contributed by atoms with Crippen molar-refractivity contribution in [3.05, 3.63) is 53.6 Å². The van der Waals surface area contributed by atoms with Crippen molar-refractivity contribution in [2.75, 3.05) is 33.6 Å². The van der Waals surface area contributed by atoms with Crippen molar-refractivity contribution < 1.29 is 31.1 Å². The third kappa shape index (κ3) is 6.50. The molecule has 0 heterocycles. The minimum Gasteiger partial charge on any atom is -0.495 e. The summed E-state index contributed by atoms with van der Waals surface area (Å²) < 4.78 is 60.7. The van der Waals surface area contributed by atoms with Crippen LogP contribution in [0, 0.1) is 0 Å². The molecule has 31 heavy (non-hydrogen) atoms. The fourth-order valence-electron chi connectivity index (χ4n) is 2.75. The van der Waals surface area contributed by atoms with Gasteiger partial charge in [0.1, 0.15) is 10.6 Å². The quantitative estimate of drug-likeness (QED) is 0.504. The molecule has 2 N–H and O–H groups in total. The molecule has 0 radical (unpaired) electrons. The molecule has 1 atom stereocenters. The summed E-state index contributed by atoms with van der Waals surface area (Å²) in [6, 6.07) is 9.84. The van der Waals surface area contributed by atoms with Gasteiger partial charge >= 0.3 is 0 Å². The fraction of sp³-hybridized carbons (Fsp3) is 0.350. The Bertz CT molecular complexity index is 1130. The van der Waals surface area contributed by atoms with Gasteiger partial charge in [-0.1, -0.05) is 12.1 Å². The van der Waals surface area contributed by atoms with Gasteiger partial charge < -0.3 is 14.8 Å². The average molecular weight is 471 g/mol. The number of nitrogens with one attached hydrogen (secondary N) is 2. The summed E-state index contributed by atoms with van der Waals surface area (Å²) in [5, 5.41) is 2.77. The number of hydrogen-bond acceptors (Lipinski definition) is 7. The van der Waals surface area contributed by atoms with Crippen LogP contribution in [0.15, 0.2) is 52.3 Å². The maximum absolute atomic E-state index is 12.7. The number of ether oxygens (including phenoxy) is 2. The molecule has 0 aliphatic heterocycles. The number of sulfonamides is 1. The summed E-state index contributed by atoms with van der Waals surface area (Å²) in [4.78, 5) is 12.7. The molecule has 1 unspecified atom stereocenters. The molecule has 170 valence electrons. The molecule has 2 aromatic carbocycles. The fourth-order valence-corrected chi connectivity index (χ4v) is 4.59. The van der Waals surface area contributed by atoms with Gasteiger partial charge in [-0.3, -0.25) is 4.79 Å². The molecule has 0 aromatic heterocycles. The molecule has 9 nitrogen and oxygen atoms in total. The number of carbonyl (C=O) groups is 1. The normalized spacial score (nSPS) is 12.9. The van der Waals surface area contributed by atoms with Gasteiger partial charge in [0.05, 0.1) is 24.7 Å². The van der Waals surface area contributed by atoms with Crippen LogP contribution < -0.4 is 14.8 Å². The van der Waals surface area contributed by atoms with E-state index in [1.54, 1.807) is 19.1 Å². The van der Waals surface area contributed by atoms with Crippen molar-refractivity contribution >= 4 is 25.8 Å². The molecule has 0 saturated carbocycles. The second-order valence-corrected chi connectivity index (χ2v) is 10.5. The van der Waals surface area contributed by atoms with Crippen LogP contribution >= 0.6 is 0 Å². The van der Waals surface area contributed by atoms with Gasteiger partial charge in [0, 0.05) is 25.5 Å². The van der Waals surface area contributed by atoms with E-state index >= 15 is 0 Å². The highest BCUT2D eigenvalue weighted by Crippen LogP contribution is 2.25. The van der Waals surface area contributed by atoms with Gasteiger partial charge in [-0.2, -0.15) is 0 Å². The number of hydrogen-bond donors (Lipinski definition) is 2. The molecule has 0 saturated heterocycles. The zero-order chi connectivity index (χ0) is 23.2.